The van der Waals surface area contributed by atoms with Crippen LogP contribution in [-0.4, -0.2) is 11.1 Å². The van der Waals surface area contributed by atoms with Crippen molar-refractivity contribution < 1.29 is 9.53 Å². The molecule has 0 unspecified atom stereocenters. The summed E-state index contributed by atoms with van der Waals surface area (Å²) in [6.45, 7) is 2.26. The Bertz CT molecular complexity index is 511. The lowest BCUT2D eigenvalue weighted by atomic mass is 10.2. The molecule has 0 atom stereocenters. The number of hydrogen-bond acceptors (Lipinski definition) is 4. The third kappa shape index (κ3) is 3.56. The fourth-order valence-corrected chi connectivity index (χ4v) is 2.05. The first-order valence-corrected chi connectivity index (χ1v) is 6.46. The van der Waals surface area contributed by atoms with Crippen molar-refractivity contribution in [2.75, 3.05) is 0 Å². The summed E-state index contributed by atoms with van der Waals surface area (Å²) in [5.41, 5.74) is 0.939. The summed E-state index contributed by atoms with van der Waals surface area (Å²) in [7, 11) is 0. The zero-order chi connectivity index (χ0) is 12.8. The van der Waals surface area contributed by atoms with Gasteiger partial charge in [-0.3, -0.25) is 0 Å². The molecule has 4 nitrogen and oxygen atoms in total. The van der Waals surface area contributed by atoms with Crippen molar-refractivity contribution in [3.8, 4) is 0 Å². The summed E-state index contributed by atoms with van der Waals surface area (Å²) in [6.07, 6.45) is 2.02. The van der Waals surface area contributed by atoms with Crippen LogP contribution in [0.4, 0.5) is 9.93 Å². The number of carbonyl (C=O) groups excluding carboxylic acids is 1. The summed E-state index contributed by atoms with van der Waals surface area (Å²) >= 11 is 1.40. The van der Waals surface area contributed by atoms with Gasteiger partial charge in [0, 0.05) is 11.1 Å². The predicted molar refractivity (Wildman–Crippen MR) is 69.9 cm³/mol. The number of hydrogen-bond donors (Lipinski definition) is 0. The highest BCUT2D eigenvalue weighted by atomic mass is 32.1. The van der Waals surface area contributed by atoms with Crippen molar-refractivity contribution in [2.24, 2.45) is 0 Å². The molecule has 1 aromatic heterocycles. The minimum absolute atomic E-state index is 0.231. The van der Waals surface area contributed by atoms with E-state index in [0.717, 1.165) is 16.9 Å². The lowest BCUT2D eigenvalue weighted by molar-refractivity contribution is 0.143. The van der Waals surface area contributed by atoms with Crippen LogP contribution < -0.4 is 5.32 Å². The van der Waals surface area contributed by atoms with Gasteiger partial charge in [-0.25, -0.2) is 9.78 Å². The smallest absolute Gasteiger partial charge is 0.436 e. The molecule has 0 fully saturated rings. The van der Waals surface area contributed by atoms with Gasteiger partial charge in [-0.2, -0.15) is 0 Å². The Kier molecular flexibility index (Phi) is 4.30. The number of amides is 1. The Morgan fingerprint density at radius 1 is 1.39 bits per heavy atom. The van der Waals surface area contributed by atoms with Crippen LogP contribution in [0, 0.1) is 0 Å². The molecule has 0 N–H and O–H groups in total. The SMILES string of the molecule is CCc1cnc([N]C(=O)OCc2ccccc2)s1. The average Bonchev–Trinajstić information content (AvgIpc) is 2.85. The number of aromatic nitrogens is 1. The standard InChI is InChI=1S/C13H13N2O2S/c1-2-11-8-14-12(18-11)15-13(16)17-9-10-6-4-3-5-7-10/h3-8H,2,9H2,1H3. The van der Waals surface area contributed by atoms with Crippen molar-refractivity contribution in [1.82, 2.24) is 10.3 Å². The van der Waals surface area contributed by atoms with Crippen molar-refractivity contribution in [2.45, 2.75) is 20.0 Å². The van der Waals surface area contributed by atoms with Gasteiger partial charge in [0.1, 0.15) is 6.61 Å². The summed E-state index contributed by atoms with van der Waals surface area (Å²) < 4.78 is 5.04. The molecule has 1 radical (unpaired) electrons. The molecule has 2 rings (SSSR count). The van der Waals surface area contributed by atoms with E-state index in [1.165, 1.54) is 11.3 Å². The Morgan fingerprint density at radius 2 is 2.17 bits per heavy atom. The molecule has 0 aliphatic carbocycles. The van der Waals surface area contributed by atoms with Gasteiger partial charge in [-0.05, 0) is 12.0 Å². The molecule has 93 valence electrons. The summed E-state index contributed by atoms with van der Waals surface area (Å²) in [5.74, 6) is 0. The zero-order valence-corrected chi connectivity index (χ0v) is 10.8. The van der Waals surface area contributed by atoms with Gasteiger partial charge in [0.25, 0.3) is 0 Å². The van der Waals surface area contributed by atoms with Gasteiger partial charge >= 0.3 is 6.09 Å². The van der Waals surface area contributed by atoms with Crippen LogP contribution in [0.3, 0.4) is 0 Å². The normalized spacial score (nSPS) is 10.1. The lowest BCUT2D eigenvalue weighted by Gasteiger charge is -2.02. The maximum atomic E-state index is 11.5. The Morgan fingerprint density at radius 3 is 2.83 bits per heavy atom. The molecule has 0 saturated heterocycles. The number of nitrogens with zero attached hydrogens (tertiary/aromatic N) is 2. The van der Waals surface area contributed by atoms with Gasteiger partial charge in [0.15, 0.2) is 0 Å². The van der Waals surface area contributed by atoms with Crippen LogP contribution in [0.2, 0.25) is 0 Å². The van der Waals surface area contributed by atoms with Gasteiger partial charge in [-0.1, -0.05) is 48.6 Å². The van der Waals surface area contributed by atoms with E-state index < -0.39 is 6.09 Å². The van der Waals surface area contributed by atoms with Crippen LogP contribution in [-0.2, 0) is 17.8 Å². The van der Waals surface area contributed by atoms with E-state index in [0.29, 0.717) is 5.13 Å². The predicted octanol–water partition coefficient (Wildman–Crippen LogP) is 3.28. The molecule has 0 aliphatic heterocycles. The maximum absolute atomic E-state index is 11.5. The molecule has 0 saturated carbocycles. The molecule has 0 spiro atoms. The monoisotopic (exact) mass is 261 g/mol. The summed E-state index contributed by atoms with van der Waals surface area (Å²) in [6, 6.07) is 9.50. The minimum Gasteiger partial charge on any atom is -0.443 e. The third-order valence-corrected chi connectivity index (χ3v) is 3.32. The van der Waals surface area contributed by atoms with Crippen LogP contribution in [0.1, 0.15) is 17.4 Å². The number of carbonyl (C=O) groups is 1. The second-order valence-corrected chi connectivity index (χ2v) is 4.71. The van der Waals surface area contributed by atoms with Crippen LogP contribution in [0.15, 0.2) is 36.5 Å². The molecule has 0 aliphatic rings. The maximum Gasteiger partial charge on any atom is 0.436 e. The topological polar surface area (TPSA) is 53.3 Å². The number of ether oxygens (including phenoxy) is 1. The third-order valence-electron chi connectivity index (χ3n) is 2.28. The highest BCUT2D eigenvalue weighted by Gasteiger charge is 2.09. The van der Waals surface area contributed by atoms with Crippen molar-refractivity contribution in [3.05, 3.63) is 47.0 Å². The van der Waals surface area contributed by atoms with E-state index >= 15 is 0 Å². The minimum atomic E-state index is -0.601. The fourth-order valence-electron chi connectivity index (χ4n) is 1.34. The summed E-state index contributed by atoms with van der Waals surface area (Å²) in [5, 5.41) is 4.24. The Hall–Kier alpha value is -1.88. The first-order chi connectivity index (χ1) is 8.78. The highest BCUT2D eigenvalue weighted by Crippen LogP contribution is 2.18. The first-order valence-electron chi connectivity index (χ1n) is 5.65. The molecule has 1 heterocycles. The van der Waals surface area contributed by atoms with Crippen LogP contribution in [0.25, 0.3) is 0 Å². The Balaban J connectivity index is 1.82. The van der Waals surface area contributed by atoms with Crippen LogP contribution in [0.5, 0.6) is 0 Å². The Labute approximate surface area is 110 Å². The van der Waals surface area contributed by atoms with E-state index in [4.69, 9.17) is 4.74 Å². The van der Waals surface area contributed by atoms with E-state index in [2.05, 4.69) is 10.3 Å². The molecule has 0 bridgehead atoms. The molecular weight excluding hydrogens is 248 g/mol. The molecular formula is C13H13N2O2S. The molecule has 5 heteroatoms. The second-order valence-electron chi connectivity index (χ2n) is 3.61. The van der Waals surface area contributed by atoms with E-state index in [-0.39, 0.29) is 6.61 Å². The number of thiazole rings is 1. The van der Waals surface area contributed by atoms with Crippen LogP contribution >= 0.6 is 11.3 Å². The highest BCUT2D eigenvalue weighted by molar-refractivity contribution is 7.15. The number of aryl methyl sites for hydroxylation is 1. The molecule has 18 heavy (non-hydrogen) atoms. The zero-order valence-electron chi connectivity index (χ0n) is 10.00. The molecule has 1 amide bonds. The fraction of sp³-hybridized carbons (Fsp3) is 0.231. The second kappa shape index (κ2) is 6.16. The number of benzene rings is 1. The molecule has 1 aromatic carbocycles. The quantitative estimate of drug-likeness (QED) is 0.848. The number of rotatable bonds is 4. The van der Waals surface area contributed by atoms with Gasteiger partial charge in [0.05, 0.1) is 0 Å². The van der Waals surface area contributed by atoms with Gasteiger partial charge < -0.3 is 4.74 Å². The average molecular weight is 261 g/mol. The van der Waals surface area contributed by atoms with Crippen molar-refractivity contribution >= 4 is 22.6 Å². The van der Waals surface area contributed by atoms with E-state index in [9.17, 15) is 4.79 Å². The van der Waals surface area contributed by atoms with Gasteiger partial charge in [0.2, 0.25) is 5.13 Å². The van der Waals surface area contributed by atoms with E-state index in [1.807, 2.05) is 37.3 Å². The summed E-state index contributed by atoms with van der Waals surface area (Å²) in [4.78, 5) is 16.6. The lowest BCUT2D eigenvalue weighted by Crippen LogP contribution is -2.12. The largest absolute Gasteiger partial charge is 0.443 e. The molecule has 2 aromatic rings. The van der Waals surface area contributed by atoms with Gasteiger partial charge in [-0.15, -0.1) is 5.32 Å². The van der Waals surface area contributed by atoms with Crippen molar-refractivity contribution in [3.63, 3.8) is 0 Å². The van der Waals surface area contributed by atoms with Crippen molar-refractivity contribution in [1.29, 1.82) is 0 Å². The van der Waals surface area contributed by atoms with E-state index in [1.54, 1.807) is 6.20 Å². The first kappa shape index (κ1) is 12.6.